The summed E-state index contributed by atoms with van der Waals surface area (Å²) < 4.78 is 13.1. The summed E-state index contributed by atoms with van der Waals surface area (Å²) in [5.41, 5.74) is 6.45. The highest BCUT2D eigenvalue weighted by Crippen LogP contribution is 2.27. The molecule has 0 radical (unpaired) electrons. The van der Waals surface area contributed by atoms with Crippen LogP contribution in [0.4, 0.5) is 10.2 Å². The second kappa shape index (κ2) is 5.00. The molecule has 1 aromatic heterocycles. The highest BCUT2D eigenvalue weighted by Gasteiger charge is 2.24. The maximum absolute atomic E-state index is 13.1. The number of piperidine rings is 1. The predicted octanol–water partition coefficient (Wildman–Crippen LogP) is 2.16. The van der Waals surface area contributed by atoms with E-state index in [1.165, 1.54) is 12.3 Å². The lowest BCUT2D eigenvalue weighted by Crippen LogP contribution is -2.39. The molecule has 0 aliphatic carbocycles. The van der Waals surface area contributed by atoms with Gasteiger partial charge >= 0.3 is 0 Å². The van der Waals surface area contributed by atoms with Gasteiger partial charge in [-0.15, -0.1) is 0 Å². The van der Waals surface area contributed by atoms with Gasteiger partial charge in [0.15, 0.2) is 0 Å². The van der Waals surface area contributed by atoms with Gasteiger partial charge in [0.1, 0.15) is 11.6 Å². The smallest absolute Gasteiger partial charge is 0.141 e. The van der Waals surface area contributed by atoms with Crippen LogP contribution in [-0.2, 0) is 6.54 Å². The van der Waals surface area contributed by atoms with Crippen LogP contribution in [-0.4, -0.2) is 18.1 Å². The number of hydrogen-bond donors (Lipinski definition) is 1. The number of aromatic nitrogens is 1. The summed E-state index contributed by atoms with van der Waals surface area (Å²) in [4.78, 5) is 6.43. The first-order valence-electron chi connectivity index (χ1n) is 6.21. The van der Waals surface area contributed by atoms with Gasteiger partial charge in [-0.2, -0.15) is 0 Å². The summed E-state index contributed by atoms with van der Waals surface area (Å²) in [5.74, 6) is 1.93. The van der Waals surface area contributed by atoms with E-state index in [2.05, 4.69) is 23.7 Å². The Kier molecular flexibility index (Phi) is 3.62. The van der Waals surface area contributed by atoms with E-state index in [1.54, 1.807) is 0 Å². The van der Waals surface area contributed by atoms with Crippen LogP contribution in [0.25, 0.3) is 0 Å². The van der Waals surface area contributed by atoms with Crippen molar-refractivity contribution in [3.05, 3.63) is 23.6 Å². The zero-order valence-corrected chi connectivity index (χ0v) is 10.5. The standard InChI is InChI=1S/C13H20FN3/c1-9-3-4-17(8-10(9)2)13-11(6-15)5-12(14)7-16-13/h5,7,9-10H,3-4,6,8,15H2,1-2H3. The van der Waals surface area contributed by atoms with Crippen LogP contribution in [0.3, 0.4) is 0 Å². The molecule has 0 spiro atoms. The fourth-order valence-corrected chi connectivity index (χ4v) is 2.36. The Hall–Kier alpha value is -1.16. The van der Waals surface area contributed by atoms with E-state index in [0.717, 1.165) is 36.8 Å². The second-order valence-corrected chi connectivity index (χ2v) is 5.03. The Morgan fingerprint density at radius 3 is 2.88 bits per heavy atom. The van der Waals surface area contributed by atoms with Crippen molar-refractivity contribution in [2.45, 2.75) is 26.8 Å². The van der Waals surface area contributed by atoms with Crippen molar-refractivity contribution in [1.29, 1.82) is 0 Å². The molecule has 1 aliphatic rings. The molecule has 0 aromatic carbocycles. The Morgan fingerprint density at radius 2 is 2.24 bits per heavy atom. The molecule has 94 valence electrons. The summed E-state index contributed by atoms with van der Waals surface area (Å²) in [6.45, 7) is 6.83. The summed E-state index contributed by atoms with van der Waals surface area (Å²) >= 11 is 0. The zero-order chi connectivity index (χ0) is 12.4. The average molecular weight is 237 g/mol. The quantitative estimate of drug-likeness (QED) is 0.857. The van der Waals surface area contributed by atoms with Crippen molar-refractivity contribution in [2.75, 3.05) is 18.0 Å². The maximum atomic E-state index is 13.1. The number of anilines is 1. The third kappa shape index (κ3) is 2.57. The van der Waals surface area contributed by atoms with E-state index in [9.17, 15) is 4.39 Å². The number of rotatable bonds is 2. The molecule has 2 N–H and O–H groups in total. The number of nitrogens with zero attached hydrogens (tertiary/aromatic N) is 2. The maximum Gasteiger partial charge on any atom is 0.141 e. The lowest BCUT2D eigenvalue weighted by atomic mass is 9.88. The van der Waals surface area contributed by atoms with Gasteiger partial charge in [-0.05, 0) is 24.3 Å². The van der Waals surface area contributed by atoms with Gasteiger partial charge in [-0.25, -0.2) is 9.37 Å². The van der Waals surface area contributed by atoms with Crippen LogP contribution in [0.15, 0.2) is 12.3 Å². The first-order valence-corrected chi connectivity index (χ1v) is 6.21. The molecule has 1 aliphatic heterocycles. The predicted molar refractivity (Wildman–Crippen MR) is 67.2 cm³/mol. The van der Waals surface area contributed by atoms with E-state index in [0.29, 0.717) is 12.5 Å². The summed E-state index contributed by atoms with van der Waals surface area (Å²) in [6.07, 6.45) is 2.43. The molecule has 2 atom stereocenters. The molecule has 0 saturated carbocycles. The Labute approximate surface area is 102 Å². The molecule has 0 amide bonds. The van der Waals surface area contributed by atoms with Crippen LogP contribution in [0.1, 0.15) is 25.8 Å². The van der Waals surface area contributed by atoms with E-state index in [1.807, 2.05) is 0 Å². The average Bonchev–Trinajstić information content (AvgIpc) is 2.32. The SMILES string of the molecule is CC1CCN(c2ncc(F)cc2CN)CC1C. The van der Waals surface area contributed by atoms with Gasteiger partial charge in [0, 0.05) is 25.2 Å². The molecule has 3 nitrogen and oxygen atoms in total. The fourth-order valence-electron chi connectivity index (χ4n) is 2.36. The number of nitrogens with two attached hydrogens (primary N) is 1. The van der Waals surface area contributed by atoms with Crippen LogP contribution >= 0.6 is 0 Å². The molecular formula is C13H20FN3. The van der Waals surface area contributed by atoms with Gasteiger partial charge in [-0.3, -0.25) is 0 Å². The topological polar surface area (TPSA) is 42.2 Å². The Morgan fingerprint density at radius 1 is 1.47 bits per heavy atom. The van der Waals surface area contributed by atoms with Gasteiger partial charge in [0.05, 0.1) is 6.20 Å². The van der Waals surface area contributed by atoms with Crippen molar-refractivity contribution in [3.63, 3.8) is 0 Å². The zero-order valence-electron chi connectivity index (χ0n) is 10.5. The van der Waals surface area contributed by atoms with E-state index in [4.69, 9.17) is 5.73 Å². The third-order valence-corrected chi connectivity index (χ3v) is 3.76. The summed E-state index contributed by atoms with van der Waals surface area (Å²) in [7, 11) is 0. The lowest BCUT2D eigenvalue weighted by molar-refractivity contribution is 0.322. The van der Waals surface area contributed by atoms with E-state index >= 15 is 0 Å². The highest BCUT2D eigenvalue weighted by atomic mass is 19.1. The molecule has 1 saturated heterocycles. The van der Waals surface area contributed by atoms with Crippen LogP contribution in [0, 0.1) is 17.7 Å². The Balaban J connectivity index is 2.22. The summed E-state index contributed by atoms with van der Waals surface area (Å²) in [6, 6.07) is 1.49. The van der Waals surface area contributed by atoms with Crippen LogP contribution in [0.2, 0.25) is 0 Å². The van der Waals surface area contributed by atoms with E-state index in [-0.39, 0.29) is 5.82 Å². The Bertz CT molecular complexity index is 394. The molecule has 17 heavy (non-hydrogen) atoms. The molecule has 0 bridgehead atoms. The van der Waals surface area contributed by atoms with Gasteiger partial charge in [0.25, 0.3) is 0 Å². The molecule has 2 rings (SSSR count). The minimum Gasteiger partial charge on any atom is -0.356 e. The van der Waals surface area contributed by atoms with Crippen molar-refractivity contribution in [1.82, 2.24) is 4.98 Å². The van der Waals surface area contributed by atoms with Crippen molar-refractivity contribution in [2.24, 2.45) is 17.6 Å². The second-order valence-electron chi connectivity index (χ2n) is 5.03. The fraction of sp³-hybridized carbons (Fsp3) is 0.615. The lowest BCUT2D eigenvalue weighted by Gasteiger charge is -2.36. The molecular weight excluding hydrogens is 217 g/mol. The van der Waals surface area contributed by atoms with Crippen molar-refractivity contribution in [3.8, 4) is 0 Å². The first-order chi connectivity index (χ1) is 8.11. The third-order valence-electron chi connectivity index (χ3n) is 3.76. The number of hydrogen-bond acceptors (Lipinski definition) is 3. The largest absolute Gasteiger partial charge is 0.356 e. The minimum absolute atomic E-state index is 0.312. The van der Waals surface area contributed by atoms with Crippen LogP contribution < -0.4 is 10.6 Å². The molecule has 4 heteroatoms. The molecule has 2 unspecified atom stereocenters. The van der Waals surface area contributed by atoms with Crippen molar-refractivity contribution >= 4 is 5.82 Å². The minimum atomic E-state index is -0.312. The normalized spacial score (nSPS) is 25.1. The first kappa shape index (κ1) is 12.3. The van der Waals surface area contributed by atoms with Gasteiger partial charge in [-0.1, -0.05) is 13.8 Å². The van der Waals surface area contributed by atoms with Gasteiger partial charge in [0.2, 0.25) is 0 Å². The summed E-state index contributed by atoms with van der Waals surface area (Å²) in [5, 5.41) is 0. The van der Waals surface area contributed by atoms with Crippen LogP contribution in [0.5, 0.6) is 0 Å². The van der Waals surface area contributed by atoms with E-state index < -0.39 is 0 Å². The molecule has 1 fully saturated rings. The van der Waals surface area contributed by atoms with Gasteiger partial charge < -0.3 is 10.6 Å². The molecule has 2 heterocycles. The van der Waals surface area contributed by atoms with Crippen molar-refractivity contribution < 1.29 is 4.39 Å². The molecule has 1 aromatic rings. The number of pyridine rings is 1. The number of halogens is 1. The highest BCUT2D eigenvalue weighted by molar-refractivity contribution is 5.47. The monoisotopic (exact) mass is 237 g/mol.